The van der Waals surface area contributed by atoms with E-state index < -0.39 is 11.9 Å². The fourth-order valence-corrected chi connectivity index (χ4v) is 2.48. The Morgan fingerprint density at radius 1 is 1.27 bits per heavy atom. The number of aliphatic carboxylic acids is 1. The van der Waals surface area contributed by atoms with E-state index >= 15 is 0 Å². The van der Waals surface area contributed by atoms with E-state index in [0.29, 0.717) is 37.5 Å². The van der Waals surface area contributed by atoms with E-state index in [1.807, 2.05) is 19.1 Å². The molecule has 1 atom stereocenters. The molecule has 1 amide bonds. The number of carbonyl (C=O) groups is 2. The number of carboxylic acids is 1. The number of hydrogen-bond donors (Lipinski definition) is 1. The highest BCUT2D eigenvalue weighted by atomic mass is 16.5. The second-order valence-electron chi connectivity index (χ2n) is 5.19. The lowest BCUT2D eigenvalue weighted by Gasteiger charge is -2.30. The molecule has 1 aromatic rings. The standard InChI is InChI=1S/C16H21NO5/c1-2-21-13-7-3-4-8-14(13)22-11-15(18)17-9-5-6-12(10-17)16(19)20/h3-4,7-8,12H,2,5-6,9-11H2,1H3,(H,19,20)/t12-/m0/s1. The number of ether oxygens (including phenoxy) is 2. The van der Waals surface area contributed by atoms with E-state index in [2.05, 4.69) is 0 Å². The summed E-state index contributed by atoms with van der Waals surface area (Å²) in [7, 11) is 0. The molecule has 6 heteroatoms. The van der Waals surface area contributed by atoms with E-state index in [1.54, 1.807) is 17.0 Å². The number of carboxylic acid groups (broad SMARTS) is 1. The van der Waals surface area contributed by atoms with Crippen molar-refractivity contribution in [1.29, 1.82) is 0 Å². The maximum Gasteiger partial charge on any atom is 0.308 e. The molecule has 1 aliphatic rings. The van der Waals surface area contributed by atoms with Crippen LogP contribution >= 0.6 is 0 Å². The summed E-state index contributed by atoms with van der Waals surface area (Å²) >= 11 is 0. The summed E-state index contributed by atoms with van der Waals surface area (Å²) in [6, 6.07) is 7.17. The van der Waals surface area contributed by atoms with Crippen LogP contribution in [0.3, 0.4) is 0 Å². The summed E-state index contributed by atoms with van der Waals surface area (Å²) in [5, 5.41) is 9.06. The average molecular weight is 307 g/mol. The molecule has 22 heavy (non-hydrogen) atoms. The Morgan fingerprint density at radius 2 is 1.95 bits per heavy atom. The highest BCUT2D eigenvalue weighted by Gasteiger charge is 2.28. The van der Waals surface area contributed by atoms with Gasteiger partial charge >= 0.3 is 5.97 Å². The van der Waals surface area contributed by atoms with Gasteiger partial charge in [0.05, 0.1) is 12.5 Å². The Kier molecular flexibility index (Phi) is 5.63. The maximum atomic E-state index is 12.2. The van der Waals surface area contributed by atoms with Gasteiger partial charge in [0.25, 0.3) is 5.91 Å². The van der Waals surface area contributed by atoms with Crippen LogP contribution in [-0.4, -0.2) is 48.2 Å². The smallest absolute Gasteiger partial charge is 0.308 e. The molecule has 0 aliphatic carbocycles. The molecule has 0 spiro atoms. The molecule has 1 aliphatic heterocycles. The Labute approximate surface area is 129 Å². The molecule has 0 aromatic heterocycles. The molecule has 1 heterocycles. The predicted octanol–water partition coefficient (Wildman–Crippen LogP) is 1.79. The average Bonchev–Trinajstić information content (AvgIpc) is 2.54. The molecule has 6 nitrogen and oxygen atoms in total. The first-order valence-electron chi connectivity index (χ1n) is 7.47. The van der Waals surface area contributed by atoms with Gasteiger partial charge in [-0.2, -0.15) is 0 Å². The second-order valence-corrected chi connectivity index (χ2v) is 5.19. The van der Waals surface area contributed by atoms with Crippen molar-refractivity contribution < 1.29 is 24.2 Å². The molecule has 1 saturated heterocycles. The van der Waals surface area contributed by atoms with E-state index in [1.165, 1.54) is 0 Å². The normalized spacial score (nSPS) is 17.9. The molecular weight excluding hydrogens is 286 g/mol. The van der Waals surface area contributed by atoms with Gasteiger partial charge in [-0.15, -0.1) is 0 Å². The highest BCUT2D eigenvalue weighted by Crippen LogP contribution is 2.26. The number of amides is 1. The Balaban J connectivity index is 1.91. The number of para-hydroxylation sites is 2. The minimum absolute atomic E-state index is 0.115. The third-order valence-electron chi connectivity index (χ3n) is 3.62. The molecule has 0 saturated carbocycles. The van der Waals surface area contributed by atoms with Gasteiger partial charge in [0.15, 0.2) is 18.1 Å². The Morgan fingerprint density at radius 3 is 2.59 bits per heavy atom. The summed E-state index contributed by atoms with van der Waals surface area (Å²) in [6.45, 7) is 3.11. The number of hydrogen-bond acceptors (Lipinski definition) is 4. The van der Waals surface area contributed by atoms with Gasteiger partial charge in [-0.05, 0) is 31.9 Å². The molecule has 0 radical (unpaired) electrons. The van der Waals surface area contributed by atoms with Crippen molar-refractivity contribution in [1.82, 2.24) is 4.90 Å². The first-order chi connectivity index (χ1) is 10.6. The van der Waals surface area contributed by atoms with Crippen LogP contribution in [0.5, 0.6) is 11.5 Å². The van der Waals surface area contributed by atoms with Gasteiger partial charge in [0, 0.05) is 13.1 Å². The zero-order valence-corrected chi connectivity index (χ0v) is 12.7. The lowest BCUT2D eigenvalue weighted by molar-refractivity contribution is -0.146. The van der Waals surface area contributed by atoms with Crippen LogP contribution in [-0.2, 0) is 9.59 Å². The van der Waals surface area contributed by atoms with Crippen LogP contribution in [0, 0.1) is 5.92 Å². The fourth-order valence-electron chi connectivity index (χ4n) is 2.48. The third kappa shape index (κ3) is 4.13. The number of carbonyl (C=O) groups excluding carboxylic acids is 1. The van der Waals surface area contributed by atoms with E-state index in [0.717, 1.165) is 0 Å². The SMILES string of the molecule is CCOc1ccccc1OCC(=O)N1CCC[C@H](C(=O)O)C1. The summed E-state index contributed by atoms with van der Waals surface area (Å²) in [6.07, 6.45) is 1.32. The zero-order chi connectivity index (χ0) is 15.9. The Bertz CT molecular complexity index is 531. The minimum Gasteiger partial charge on any atom is -0.490 e. The minimum atomic E-state index is -0.847. The maximum absolute atomic E-state index is 12.2. The number of rotatable bonds is 6. The molecule has 2 rings (SSSR count). The van der Waals surface area contributed by atoms with E-state index in [9.17, 15) is 9.59 Å². The van der Waals surface area contributed by atoms with Gasteiger partial charge in [-0.3, -0.25) is 9.59 Å². The predicted molar refractivity (Wildman–Crippen MR) is 80.0 cm³/mol. The van der Waals surface area contributed by atoms with Crippen LogP contribution in [0.2, 0.25) is 0 Å². The zero-order valence-electron chi connectivity index (χ0n) is 12.7. The molecule has 1 aromatic carbocycles. The van der Waals surface area contributed by atoms with Gasteiger partial charge < -0.3 is 19.5 Å². The quantitative estimate of drug-likeness (QED) is 0.867. The number of likely N-dealkylation sites (tertiary alicyclic amines) is 1. The van der Waals surface area contributed by atoms with E-state index in [4.69, 9.17) is 14.6 Å². The van der Waals surface area contributed by atoms with Gasteiger partial charge in [0.1, 0.15) is 0 Å². The van der Waals surface area contributed by atoms with Crippen LogP contribution in [0.4, 0.5) is 0 Å². The fraction of sp³-hybridized carbons (Fsp3) is 0.500. The van der Waals surface area contributed by atoms with Gasteiger partial charge in [-0.1, -0.05) is 12.1 Å². The van der Waals surface area contributed by atoms with Crippen molar-refractivity contribution in [3.05, 3.63) is 24.3 Å². The molecule has 0 bridgehead atoms. The lowest BCUT2D eigenvalue weighted by atomic mass is 9.98. The summed E-state index contributed by atoms with van der Waals surface area (Å²) in [5.74, 6) is -0.407. The van der Waals surface area contributed by atoms with Crippen molar-refractivity contribution in [3.8, 4) is 11.5 Å². The van der Waals surface area contributed by atoms with Gasteiger partial charge in [-0.25, -0.2) is 0 Å². The molecule has 1 fully saturated rings. The van der Waals surface area contributed by atoms with Gasteiger partial charge in [0.2, 0.25) is 0 Å². The Hall–Kier alpha value is -2.24. The third-order valence-corrected chi connectivity index (χ3v) is 3.62. The van der Waals surface area contributed by atoms with E-state index in [-0.39, 0.29) is 19.1 Å². The van der Waals surface area contributed by atoms with Crippen LogP contribution in [0.25, 0.3) is 0 Å². The summed E-state index contributed by atoms with van der Waals surface area (Å²) in [4.78, 5) is 24.8. The highest BCUT2D eigenvalue weighted by molar-refractivity contribution is 5.79. The number of nitrogens with zero attached hydrogens (tertiary/aromatic N) is 1. The van der Waals surface area contributed by atoms with Crippen LogP contribution in [0.1, 0.15) is 19.8 Å². The van der Waals surface area contributed by atoms with Crippen molar-refractivity contribution in [2.45, 2.75) is 19.8 Å². The van der Waals surface area contributed by atoms with Crippen LogP contribution < -0.4 is 9.47 Å². The number of piperidine rings is 1. The van der Waals surface area contributed by atoms with Crippen LogP contribution in [0.15, 0.2) is 24.3 Å². The molecule has 120 valence electrons. The number of benzene rings is 1. The largest absolute Gasteiger partial charge is 0.490 e. The van der Waals surface area contributed by atoms with Crippen molar-refractivity contribution in [2.24, 2.45) is 5.92 Å². The molecule has 0 unspecified atom stereocenters. The van der Waals surface area contributed by atoms with Crippen molar-refractivity contribution in [2.75, 3.05) is 26.3 Å². The molecule has 1 N–H and O–H groups in total. The monoisotopic (exact) mass is 307 g/mol. The topological polar surface area (TPSA) is 76.1 Å². The van der Waals surface area contributed by atoms with Crippen molar-refractivity contribution >= 4 is 11.9 Å². The second kappa shape index (κ2) is 7.68. The summed E-state index contributed by atoms with van der Waals surface area (Å²) < 4.78 is 11.0. The first kappa shape index (κ1) is 16.1. The summed E-state index contributed by atoms with van der Waals surface area (Å²) in [5.41, 5.74) is 0. The van der Waals surface area contributed by atoms with Crippen molar-refractivity contribution in [3.63, 3.8) is 0 Å². The molecular formula is C16H21NO5. The lowest BCUT2D eigenvalue weighted by Crippen LogP contribution is -2.44. The first-order valence-corrected chi connectivity index (χ1v) is 7.47.